The van der Waals surface area contributed by atoms with E-state index in [1.54, 1.807) is 23.5 Å². The quantitative estimate of drug-likeness (QED) is 0.376. The molecule has 0 spiro atoms. The fourth-order valence-electron chi connectivity index (χ4n) is 4.21. The topological polar surface area (TPSA) is 108 Å². The van der Waals surface area contributed by atoms with Crippen molar-refractivity contribution < 1.29 is 48.8 Å². The van der Waals surface area contributed by atoms with Crippen molar-refractivity contribution in [1.29, 1.82) is 0 Å². The molecule has 0 unspecified atom stereocenters. The molecule has 1 N–H and O–H groups in total. The molecule has 1 amide bonds. The third-order valence-electron chi connectivity index (χ3n) is 6.01. The minimum absolute atomic E-state index is 0. The van der Waals surface area contributed by atoms with Crippen LogP contribution in [0.25, 0.3) is 10.8 Å². The van der Waals surface area contributed by atoms with Gasteiger partial charge in [0.25, 0.3) is 0 Å². The van der Waals surface area contributed by atoms with Crippen LogP contribution in [0.15, 0.2) is 28.9 Å². The molecule has 0 bridgehead atoms. The normalized spacial score (nSPS) is 13.9. The van der Waals surface area contributed by atoms with Crippen molar-refractivity contribution in [2.45, 2.75) is 71.1 Å². The summed E-state index contributed by atoms with van der Waals surface area (Å²) in [4.78, 5) is 30.0. The molecular weight excluding hydrogens is 509 g/mol. The van der Waals surface area contributed by atoms with E-state index < -0.39 is 11.9 Å². The summed E-state index contributed by atoms with van der Waals surface area (Å²) in [5.74, 6) is -0.413. The number of benzene rings is 1. The molecule has 1 atom stereocenters. The third kappa shape index (κ3) is 7.42. The van der Waals surface area contributed by atoms with Crippen LogP contribution in [0.4, 0.5) is 5.69 Å². The average Bonchev–Trinajstić information content (AvgIpc) is 3.36. The molecular formula is C26H29ClN3NaO4S. The summed E-state index contributed by atoms with van der Waals surface area (Å²) < 4.78 is 5.80. The Kier molecular flexibility index (Phi) is 10.2. The van der Waals surface area contributed by atoms with Gasteiger partial charge in [0.2, 0.25) is 5.91 Å². The van der Waals surface area contributed by atoms with Gasteiger partial charge in [-0.15, -0.1) is 11.3 Å². The molecule has 1 aromatic carbocycles. The van der Waals surface area contributed by atoms with E-state index in [-0.39, 0.29) is 60.6 Å². The molecule has 2 heterocycles. The molecule has 0 aliphatic heterocycles. The Morgan fingerprint density at radius 3 is 2.69 bits per heavy atom. The van der Waals surface area contributed by atoms with Crippen molar-refractivity contribution >= 4 is 40.5 Å². The maximum absolute atomic E-state index is 13.0. The maximum Gasteiger partial charge on any atom is 1.00 e. The Balaban J connectivity index is 0.00000361. The summed E-state index contributed by atoms with van der Waals surface area (Å²) in [6, 6.07) is 5.40. The van der Waals surface area contributed by atoms with E-state index in [0.717, 1.165) is 35.4 Å². The number of amides is 1. The Bertz CT molecular complexity index is 1220. The number of carbonyl (C=O) groups excluding carboxylic acids is 2. The van der Waals surface area contributed by atoms with Crippen LogP contribution in [-0.2, 0) is 16.0 Å². The Morgan fingerprint density at radius 1 is 1.31 bits per heavy atom. The maximum atomic E-state index is 13.0. The summed E-state index contributed by atoms with van der Waals surface area (Å²) >= 11 is 7.87. The number of carbonyl (C=O) groups is 2. The molecule has 1 saturated carbocycles. The van der Waals surface area contributed by atoms with Crippen LogP contribution in [0.5, 0.6) is 0 Å². The molecule has 0 saturated heterocycles. The first kappa shape index (κ1) is 28.9. The number of halogens is 1. The van der Waals surface area contributed by atoms with Gasteiger partial charge in [-0.3, -0.25) is 4.79 Å². The first-order chi connectivity index (χ1) is 16.7. The van der Waals surface area contributed by atoms with Gasteiger partial charge in [0.1, 0.15) is 0 Å². The number of aromatic nitrogens is 2. The number of aryl methyl sites for hydroxylation is 1. The van der Waals surface area contributed by atoms with Crippen molar-refractivity contribution in [3.05, 3.63) is 51.1 Å². The van der Waals surface area contributed by atoms with Crippen LogP contribution in [0.3, 0.4) is 0 Å². The molecule has 3 aromatic rings. The summed E-state index contributed by atoms with van der Waals surface area (Å²) in [7, 11) is 0. The second kappa shape index (κ2) is 12.7. The van der Waals surface area contributed by atoms with Crippen LogP contribution in [-0.4, -0.2) is 22.0 Å². The number of nitrogens with zero attached hydrogens (tertiary/aromatic N) is 2. The first-order valence-corrected chi connectivity index (χ1v) is 13.1. The van der Waals surface area contributed by atoms with Crippen molar-refractivity contribution in [3.63, 3.8) is 0 Å². The van der Waals surface area contributed by atoms with Crippen LogP contribution >= 0.6 is 22.9 Å². The fourth-order valence-corrected chi connectivity index (χ4v) is 5.61. The van der Waals surface area contributed by atoms with Crippen molar-refractivity contribution in [3.8, 4) is 10.8 Å². The molecule has 1 fully saturated rings. The Morgan fingerprint density at radius 2 is 2.06 bits per heavy atom. The van der Waals surface area contributed by atoms with Gasteiger partial charge in [0, 0.05) is 34.9 Å². The second-order valence-electron chi connectivity index (χ2n) is 9.66. The summed E-state index contributed by atoms with van der Waals surface area (Å²) in [6.07, 6.45) is 4.93. The number of nitrogens with one attached hydrogen (secondary N) is 1. The zero-order chi connectivity index (χ0) is 25.1. The van der Waals surface area contributed by atoms with E-state index in [0.29, 0.717) is 28.1 Å². The average molecular weight is 538 g/mol. The van der Waals surface area contributed by atoms with Gasteiger partial charge in [-0.2, -0.15) is 0 Å². The van der Waals surface area contributed by atoms with Crippen molar-refractivity contribution in [2.75, 3.05) is 5.32 Å². The van der Waals surface area contributed by atoms with Crippen LogP contribution in [0.2, 0.25) is 5.02 Å². The van der Waals surface area contributed by atoms with E-state index in [2.05, 4.69) is 29.3 Å². The van der Waals surface area contributed by atoms with Crippen molar-refractivity contribution in [1.82, 2.24) is 10.1 Å². The number of aliphatic carboxylic acids is 1. The molecule has 2 aromatic heterocycles. The monoisotopic (exact) mass is 537 g/mol. The number of thiazole rings is 1. The van der Waals surface area contributed by atoms with Gasteiger partial charge < -0.3 is 19.7 Å². The predicted molar refractivity (Wildman–Crippen MR) is 135 cm³/mol. The van der Waals surface area contributed by atoms with Gasteiger partial charge in [-0.25, -0.2) is 4.98 Å². The van der Waals surface area contributed by atoms with Crippen molar-refractivity contribution in [2.24, 2.45) is 5.92 Å². The first-order valence-electron chi connectivity index (χ1n) is 11.9. The number of hydrogen-bond donors (Lipinski definition) is 1. The van der Waals surface area contributed by atoms with Gasteiger partial charge >= 0.3 is 29.6 Å². The standard InChI is InChI=1S/C26H30ClN3O4S.Na/c1-14(2)10-18-13-28-26(35-18)25-23(16-5-6-16)24(30-34-25)17(7-9-22(32)33)12-21(31)29-20-8-4-15(3)11-19(20)27;/h4,8,11,13-14,16-17H,5-7,9-10,12H2,1-3H3,(H,29,31)(H,32,33);/q;+1/p-1/t17-;/m0./s1. The molecule has 1 aliphatic rings. The number of carboxylic acids is 1. The fraction of sp³-hybridized carbons (Fsp3) is 0.462. The van der Waals surface area contributed by atoms with E-state index in [1.165, 1.54) is 4.88 Å². The van der Waals surface area contributed by atoms with E-state index in [4.69, 9.17) is 16.1 Å². The summed E-state index contributed by atoms with van der Waals surface area (Å²) in [5.41, 5.74) is 3.11. The number of hydrogen-bond acceptors (Lipinski definition) is 7. The van der Waals surface area contributed by atoms with E-state index in [1.807, 2.05) is 19.2 Å². The summed E-state index contributed by atoms with van der Waals surface area (Å²) in [6.45, 7) is 6.25. The third-order valence-corrected chi connectivity index (χ3v) is 7.34. The molecule has 0 radical (unpaired) electrons. The van der Waals surface area contributed by atoms with E-state index >= 15 is 0 Å². The minimum Gasteiger partial charge on any atom is -0.550 e. The molecule has 36 heavy (non-hydrogen) atoms. The van der Waals surface area contributed by atoms with Crippen LogP contribution in [0.1, 0.15) is 79.5 Å². The van der Waals surface area contributed by atoms with Gasteiger partial charge in [0.05, 0.1) is 16.4 Å². The zero-order valence-electron chi connectivity index (χ0n) is 21.1. The number of anilines is 1. The van der Waals surface area contributed by atoms with Crippen LogP contribution < -0.4 is 40.0 Å². The molecule has 1 aliphatic carbocycles. The molecule has 4 rings (SSSR count). The number of rotatable bonds is 11. The minimum atomic E-state index is -1.16. The van der Waals surface area contributed by atoms with Gasteiger partial charge in [-0.05, 0) is 68.6 Å². The van der Waals surface area contributed by atoms with E-state index in [9.17, 15) is 14.7 Å². The van der Waals surface area contributed by atoms with Crippen LogP contribution in [0, 0.1) is 12.8 Å². The Labute approximate surface area is 242 Å². The number of carboxylic acid groups (broad SMARTS) is 1. The van der Waals surface area contributed by atoms with Gasteiger partial charge in [-0.1, -0.05) is 36.7 Å². The van der Waals surface area contributed by atoms with Gasteiger partial charge in [0.15, 0.2) is 10.8 Å². The summed E-state index contributed by atoms with van der Waals surface area (Å²) in [5, 5.41) is 19.7. The zero-order valence-corrected chi connectivity index (χ0v) is 24.7. The molecule has 10 heteroatoms. The second-order valence-corrected chi connectivity index (χ2v) is 11.2. The predicted octanol–water partition coefficient (Wildman–Crippen LogP) is 2.48. The Hall–Kier alpha value is -1.71. The largest absolute Gasteiger partial charge is 1.00 e. The molecule has 7 nitrogen and oxygen atoms in total. The molecule has 186 valence electrons. The SMILES string of the molecule is Cc1ccc(NC(=O)C[C@H](CCC(=O)[O-])c2noc(-c3ncc(CC(C)C)s3)c2C2CC2)c(Cl)c1.[Na+]. The smallest absolute Gasteiger partial charge is 0.550 e.